The summed E-state index contributed by atoms with van der Waals surface area (Å²) in [7, 11) is 2.96. The zero-order valence-electron chi connectivity index (χ0n) is 10.9. The van der Waals surface area contributed by atoms with E-state index in [1.807, 2.05) is 30.3 Å². The molecule has 1 rings (SSSR count). The maximum Gasteiger partial charge on any atom is 0.266 e. The topological polar surface area (TPSA) is 55.6 Å². The Bertz CT molecular complexity index is 404. The lowest BCUT2D eigenvalue weighted by Crippen LogP contribution is -2.42. The molecule has 0 radical (unpaired) electrons. The average Bonchev–Trinajstić information content (AvgIpc) is 2.43. The summed E-state index contributed by atoms with van der Waals surface area (Å²) >= 11 is 0. The molecule has 0 fully saturated rings. The SMILES string of the molecule is C=C(CCc1ccccc1)C(N)C(=O)N(C)OC. The number of likely N-dealkylation sites (N-methyl/N-ethyl adjacent to an activating group) is 1. The molecule has 1 aromatic carbocycles. The number of nitrogens with two attached hydrogens (primary N) is 1. The molecule has 1 unspecified atom stereocenters. The summed E-state index contributed by atoms with van der Waals surface area (Å²) in [5.41, 5.74) is 7.75. The minimum atomic E-state index is -0.710. The number of rotatable bonds is 6. The number of hydrogen-bond acceptors (Lipinski definition) is 3. The Balaban J connectivity index is 2.48. The number of carbonyl (C=O) groups excluding carboxylic acids is 1. The van der Waals surface area contributed by atoms with Crippen LogP contribution in [0.4, 0.5) is 0 Å². The molecule has 4 nitrogen and oxygen atoms in total. The second-order valence-electron chi connectivity index (χ2n) is 4.14. The van der Waals surface area contributed by atoms with Gasteiger partial charge in [0.15, 0.2) is 0 Å². The molecule has 0 aliphatic carbocycles. The van der Waals surface area contributed by atoms with Crippen molar-refractivity contribution in [2.24, 2.45) is 5.73 Å². The molecule has 1 amide bonds. The van der Waals surface area contributed by atoms with E-state index in [4.69, 9.17) is 10.6 Å². The number of aryl methyl sites for hydroxylation is 1. The van der Waals surface area contributed by atoms with Crippen LogP contribution in [0.25, 0.3) is 0 Å². The minimum absolute atomic E-state index is 0.282. The Morgan fingerprint density at radius 3 is 2.61 bits per heavy atom. The molecule has 4 heteroatoms. The quantitative estimate of drug-likeness (QED) is 0.613. The lowest BCUT2D eigenvalue weighted by atomic mass is 10.0. The van der Waals surface area contributed by atoms with Crippen LogP contribution in [0.15, 0.2) is 42.5 Å². The van der Waals surface area contributed by atoms with E-state index in [9.17, 15) is 4.79 Å². The highest BCUT2D eigenvalue weighted by molar-refractivity contribution is 5.83. The average molecular weight is 248 g/mol. The third-order valence-electron chi connectivity index (χ3n) is 2.87. The van der Waals surface area contributed by atoms with Crippen molar-refractivity contribution in [3.05, 3.63) is 48.0 Å². The van der Waals surface area contributed by atoms with Gasteiger partial charge in [-0.2, -0.15) is 0 Å². The summed E-state index contributed by atoms with van der Waals surface area (Å²) in [5, 5.41) is 1.12. The molecule has 1 aromatic rings. The van der Waals surface area contributed by atoms with Gasteiger partial charge in [0, 0.05) is 7.05 Å². The van der Waals surface area contributed by atoms with Crippen LogP contribution in [-0.2, 0) is 16.1 Å². The van der Waals surface area contributed by atoms with Crippen molar-refractivity contribution >= 4 is 5.91 Å². The summed E-state index contributed by atoms with van der Waals surface area (Å²) in [6.07, 6.45) is 1.52. The summed E-state index contributed by atoms with van der Waals surface area (Å²) in [6.45, 7) is 3.88. The fourth-order valence-corrected chi connectivity index (χ4v) is 1.57. The van der Waals surface area contributed by atoms with Crippen LogP contribution in [-0.4, -0.2) is 31.2 Å². The summed E-state index contributed by atoms with van der Waals surface area (Å²) in [4.78, 5) is 16.6. The second kappa shape index (κ2) is 6.93. The molecule has 0 aromatic heterocycles. The number of hydrogen-bond donors (Lipinski definition) is 1. The van der Waals surface area contributed by atoms with Gasteiger partial charge in [0.2, 0.25) is 0 Å². The first kappa shape index (κ1) is 14.4. The maximum absolute atomic E-state index is 11.7. The first-order chi connectivity index (χ1) is 8.56. The van der Waals surface area contributed by atoms with E-state index in [1.54, 1.807) is 0 Å². The van der Waals surface area contributed by atoms with Crippen LogP contribution in [0.2, 0.25) is 0 Å². The van der Waals surface area contributed by atoms with E-state index in [2.05, 4.69) is 6.58 Å². The number of carbonyl (C=O) groups is 1. The van der Waals surface area contributed by atoms with Gasteiger partial charge in [-0.25, -0.2) is 5.06 Å². The zero-order valence-corrected chi connectivity index (χ0v) is 10.9. The van der Waals surface area contributed by atoms with Crippen LogP contribution in [0.1, 0.15) is 12.0 Å². The predicted molar refractivity (Wildman–Crippen MR) is 71.7 cm³/mol. The molecule has 0 heterocycles. The van der Waals surface area contributed by atoms with Gasteiger partial charge in [-0.15, -0.1) is 0 Å². The Labute approximate surface area is 108 Å². The lowest BCUT2D eigenvalue weighted by molar-refractivity contribution is -0.169. The van der Waals surface area contributed by atoms with Gasteiger partial charge in [0.05, 0.1) is 7.11 Å². The number of nitrogens with zero attached hydrogens (tertiary/aromatic N) is 1. The van der Waals surface area contributed by atoms with Crippen LogP contribution in [0, 0.1) is 0 Å². The van der Waals surface area contributed by atoms with Crippen molar-refractivity contribution in [2.45, 2.75) is 18.9 Å². The summed E-state index contributed by atoms with van der Waals surface area (Å²) < 4.78 is 0. The van der Waals surface area contributed by atoms with Gasteiger partial charge in [-0.1, -0.05) is 42.5 Å². The highest BCUT2D eigenvalue weighted by Gasteiger charge is 2.20. The van der Waals surface area contributed by atoms with E-state index < -0.39 is 6.04 Å². The fraction of sp³-hybridized carbons (Fsp3) is 0.357. The number of amides is 1. The Morgan fingerprint density at radius 1 is 1.44 bits per heavy atom. The molecule has 0 saturated carbocycles. The van der Waals surface area contributed by atoms with Gasteiger partial charge in [0.1, 0.15) is 6.04 Å². The largest absolute Gasteiger partial charge is 0.316 e. The van der Waals surface area contributed by atoms with E-state index in [1.165, 1.54) is 19.7 Å². The molecular weight excluding hydrogens is 228 g/mol. The van der Waals surface area contributed by atoms with E-state index >= 15 is 0 Å². The van der Waals surface area contributed by atoms with Crippen LogP contribution >= 0.6 is 0 Å². The van der Waals surface area contributed by atoms with Crippen molar-refractivity contribution in [3.63, 3.8) is 0 Å². The van der Waals surface area contributed by atoms with Crippen molar-refractivity contribution < 1.29 is 9.63 Å². The zero-order chi connectivity index (χ0) is 13.5. The first-order valence-electron chi connectivity index (χ1n) is 5.85. The minimum Gasteiger partial charge on any atom is -0.316 e. The van der Waals surface area contributed by atoms with Gasteiger partial charge in [0.25, 0.3) is 5.91 Å². The molecule has 0 spiro atoms. The van der Waals surface area contributed by atoms with E-state index in [0.29, 0.717) is 12.0 Å². The van der Waals surface area contributed by atoms with Gasteiger partial charge >= 0.3 is 0 Å². The first-order valence-corrected chi connectivity index (χ1v) is 5.85. The number of hydroxylamine groups is 2. The van der Waals surface area contributed by atoms with Gasteiger partial charge < -0.3 is 5.73 Å². The number of benzene rings is 1. The van der Waals surface area contributed by atoms with Gasteiger partial charge in [-0.05, 0) is 18.4 Å². The normalized spacial score (nSPS) is 11.9. The summed E-state index contributed by atoms with van der Waals surface area (Å²) in [6, 6.07) is 9.33. The molecule has 0 aliphatic heterocycles. The molecule has 1 atom stereocenters. The Morgan fingerprint density at radius 2 is 2.06 bits per heavy atom. The second-order valence-corrected chi connectivity index (χ2v) is 4.14. The van der Waals surface area contributed by atoms with Crippen molar-refractivity contribution in [3.8, 4) is 0 Å². The van der Waals surface area contributed by atoms with Crippen LogP contribution in [0.3, 0.4) is 0 Å². The Kier molecular flexibility index (Phi) is 5.55. The Hall–Kier alpha value is -1.65. The third-order valence-corrected chi connectivity index (χ3v) is 2.87. The van der Waals surface area contributed by atoms with Crippen molar-refractivity contribution in [1.29, 1.82) is 0 Å². The summed E-state index contributed by atoms with van der Waals surface area (Å²) in [5.74, 6) is -0.282. The standard InChI is InChI=1S/C14H20N2O2/c1-11(13(15)14(17)16(2)18-3)9-10-12-7-5-4-6-8-12/h4-8,13H,1,9-10,15H2,2-3H3. The molecule has 0 saturated heterocycles. The molecule has 98 valence electrons. The third kappa shape index (κ3) is 3.98. The van der Waals surface area contributed by atoms with Crippen LogP contribution in [0.5, 0.6) is 0 Å². The van der Waals surface area contributed by atoms with E-state index in [0.717, 1.165) is 11.5 Å². The molecule has 18 heavy (non-hydrogen) atoms. The molecule has 2 N–H and O–H groups in total. The predicted octanol–water partition coefficient (Wildman–Crippen LogP) is 1.52. The highest BCUT2D eigenvalue weighted by atomic mass is 16.7. The molecule has 0 aliphatic rings. The van der Waals surface area contributed by atoms with Crippen molar-refractivity contribution in [1.82, 2.24) is 5.06 Å². The fourth-order valence-electron chi connectivity index (χ4n) is 1.57. The monoisotopic (exact) mass is 248 g/mol. The van der Waals surface area contributed by atoms with Gasteiger partial charge in [-0.3, -0.25) is 9.63 Å². The van der Waals surface area contributed by atoms with E-state index in [-0.39, 0.29) is 5.91 Å². The maximum atomic E-state index is 11.7. The molecule has 0 bridgehead atoms. The van der Waals surface area contributed by atoms with Crippen LogP contribution < -0.4 is 5.73 Å². The van der Waals surface area contributed by atoms with Crippen molar-refractivity contribution in [2.75, 3.05) is 14.2 Å². The molecular formula is C14H20N2O2. The highest BCUT2D eigenvalue weighted by Crippen LogP contribution is 2.11. The smallest absolute Gasteiger partial charge is 0.266 e. The lowest BCUT2D eigenvalue weighted by Gasteiger charge is -2.20.